The molecule has 0 saturated carbocycles. The van der Waals surface area contributed by atoms with E-state index in [0.29, 0.717) is 37.4 Å². The highest BCUT2D eigenvalue weighted by Gasteiger charge is 2.34. The lowest BCUT2D eigenvalue weighted by Crippen LogP contribution is -2.39. The molecule has 0 aromatic heterocycles. The lowest BCUT2D eigenvalue weighted by atomic mass is 9.89. The van der Waals surface area contributed by atoms with Gasteiger partial charge in [0.1, 0.15) is 5.75 Å². The lowest BCUT2D eigenvalue weighted by Gasteiger charge is -2.28. The number of fused-ring (bicyclic) bond motifs is 2. The van der Waals surface area contributed by atoms with E-state index in [1.807, 2.05) is 0 Å². The SMILES string of the molecule is Cl.O=C(CC1CC2CCC(C1)N2)NCCc1ccc(OC(F)(F)F)cc1. The number of hydrogen-bond donors (Lipinski definition) is 2. The zero-order valence-corrected chi connectivity index (χ0v) is 15.2. The maximum Gasteiger partial charge on any atom is 0.573 e. The van der Waals surface area contributed by atoms with Crippen LogP contribution in [-0.4, -0.2) is 30.9 Å². The van der Waals surface area contributed by atoms with Gasteiger partial charge in [-0.2, -0.15) is 0 Å². The van der Waals surface area contributed by atoms with Crippen molar-refractivity contribution >= 4 is 18.3 Å². The van der Waals surface area contributed by atoms with Gasteiger partial charge in [-0.25, -0.2) is 0 Å². The summed E-state index contributed by atoms with van der Waals surface area (Å²) in [5.41, 5.74) is 0.856. The van der Waals surface area contributed by atoms with Crippen molar-refractivity contribution in [3.05, 3.63) is 29.8 Å². The predicted octanol–water partition coefficient (Wildman–Crippen LogP) is 3.59. The van der Waals surface area contributed by atoms with Crippen LogP contribution in [0.2, 0.25) is 0 Å². The molecule has 26 heavy (non-hydrogen) atoms. The first-order chi connectivity index (χ1) is 11.9. The zero-order chi connectivity index (χ0) is 17.9. The molecule has 146 valence electrons. The van der Waals surface area contributed by atoms with Gasteiger partial charge in [0, 0.05) is 25.0 Å². The Balaban J connectivity index is 0.00000243. The van der Waals surface area contributed by atoms with Gasteiger partial charge in [0.2, 0.25) is 5.91 Å². The summed E-state index contributed by atoms with van der Waals surface area (Å²) < 4.78 is 40.1. The molecule has 3 rings (SSSR count). The molecule has 2 bridgehead atoms. The fourth-order valence-electron chi connectivity index (χ4n) is 3.88. The number of amides is 1. The second kappa shape index (κ2) is 8.95. The molecule has 0 aliphatic carbocycles. The van der Waals surface area contributed by atoms with Gasteiger partial charge < -0.3 is 15.4 Å². The van der Waals surface area contributed by atoms with E-state index in [9.17, 15) is 18.0 Å². The summed E-state index contributed by atoms with van der Waals surface area (Å²) in [6.45, 7) is 0.482. The van der Waals surface area contributed by atoms with E-state index in [1.165, 1.54) is 25.0 Å². The number of nitrogens with one attached hydrogen (secondary N) is 2. The highest BCUT2D eigenvalue weighted by molar-refractivity contribution is 5.85. The van der Waals surface area contributed by atoms with Gasteiger partial charge in [0.15, 0.2) is 0 Å². The van der Waals surface area contributed by atoms with Crippen molar-refractivity contribution in [1.29, 1.82) is 0 Å². The minimum Gasteiger partial charge on any atom is -0.406 e. The molecule has 4 nitrogen and oxygen atoms in total. The number of piperidine rings is 1. The number of benzene rings is 1. The van der Waals surface area contributed by atoms with Crippen LogP contribution in [0.4, 0.5) is 13.2 Å². The van der Waals surface area contributed by atoms with Crippen molar-refractivity contribution in [2.24, 2.45) is 5.92 Å². The molecule has 0 radical (unpaired) electrons. The van der Waals surface area contributed by atoms with Crippen LogP contribution in [0.15, 0.2) is 24.3 Å². The Labute approximate surface area is 157 Å². The zero-order valence-electron chi connectivity index (χ0n) is 14.3. The van der Waals surface area contributed by atoms with Gasteiger partial charge in [-0.15, -0.1) is 25.6 Å². The van der Waals surface area contributed by atoms with Gasteiger partial charge in [0.25, 0.3) is 0 Å². The number of halogens is 4. The van der Waals surface area contributed by atoms with Crippen molar-refractivity contribution in [2.75, 3.05) is 6.54 Å². The molecule has 1 aromatic rings. The third kappa shape index (κ3) is 6.36. The summed E-state index contributed by atoms with van der Waals surface area (Å²) in [7, 11) is 0. The minimum atomic E-state index is -4.68. The third-order valence-corrected chi connectivity index (χ3v) is 4.94. The topological polar surface area (TPSA) is 50.4 Å². The largest absolute Gasteiger partial charge is 0.573 e. The van der Waals surface area contributed by atoms with E-state index in [1.54, 1.807) is 12.1 Å². The molecule has 2 fully saturated rings. The number of alkyl halides is 3. The summed E-state index contributed by atoms with van der Waals surface area (Å²) in [5, 5.41) is 6.48. The highest BCUT2D eigenvalue weighted by Crippen LogP contribution is 2.32. The first kappa shape index (κ1) is 20.8. The minimum absolute atomic E-state index is 0. The van der Waals surface area contributed by atoms with E-state index < -0.39 is 6.36 Å². The van der Waals surface area contributed by atoms with Crippen LogP contribution >= 0.6 is 12.4 Å². The number of rotatable bonds is 6. The van der Waals surface area contributed by atoms with E-state index in [-0.39, 0.29) is 24.1 Å². The van der Waals surface area contributed by atoms with Crippen LogP contribution in [0.25, 0.3) is 0 Å². The van der Waals surface area contributed by atoms with Crippen molar-refractivity contribution in [3.8, 4) is 5.75 Å². The van der Waals surface area contributed by atoms with Crippen LogP contribution in [-0.2, 0) is 11.2 Å². The average Bonchev–Trinajstić information content (AvgIpc) is 2.86. The fraction of sp³-hybridized carbons (Fsp3) is 0.611. The van der Waals surface area contributed by atoms with Gasteiger partial charge in [-0.1, -0.05) is 12.1 Å². The smallest absolute Gasteiger partial charge is 0.406 e. The van der Waals surface area contributed by atoms with Crippen molar-refractivity contribution in [1.82, 2.24) is 10.6 Å². The second-order valence-electron chi connectivity index (χ2n) is 6.97. The van der Waals surface area contributed by atoms with E-state index in [2.05, 4.69) is 15.4 Å². The Bertz CT molecular complexity index is 583. The highest BCUT2D eigenvalue weighted by atomic mass is 35.5. The third-order valence-electron chi connectivity index (χ3n) is 4.94. The van der Waals surface area contributed by atoms with Gasteiger partial charge in [-0.05, 0) is 55.7 Å². The first-order valence-electron chi connectivity index (χ1n) is 8.75. The molecular formula is C18H24ClF3N2O2. The molecule has 2 heterocycles. The van der Waals surface area contributed by atoms with E-state index in [4.69, 9.17) is 0 Å². The van der Waals surface area contributed by atoms with Crippen molar-refractivity contribution < 1.29 is 22.7 Å². The molecule has 2 saturated heterocycles. The van der Waals surface area contributed by atoms with Gasteiger partial charge in [-0.3, -0.25) is 4.79 Å². The van der Waals surface area contributed by atoms with Crippen molar-refractivity contribution in [2.45, 2.75) is 57.0 Å². The number of ether oxygens (including phenoxy) is 1. The molecular weight excluding hydrogens is 369 g/mol. The molecule has 2 N–H and O–H groups in total. The summed E-state index contributed by atoms with van der Waals surface area (Å²) in [5.74, 6) is 0.279. The van der Waals surface area contributed by atoms with Crippen LogP contribution in [0, 0.1) is 5.92 Å². The second-order valence-corrected chi connectivity index (χ2v) is 6.97. The van der Waals surface area contributed by atoms with E-state index in [0.717, 1.165) is 18.4 Å². The van der Waals surface area contributed by atoms with Gasteiger partial charge in [0.05, 0.1) is 0 Å². The summed E-state index contributed by atoms with van der Waals surface area (Å²) >= 11 is 0. The van der Waals surface area contributed by atoms with Crippen LogP contribution in [0.5, 0.6) is 5.75 Å². The Morgan fingerprint density at radius 3 is 2.35 bits per heavy atom. The summed E-state index contributed by atoms with van der Waals surface area (Å²) in [6, 6.07) is 6.89. The molecule has 1 amide bonds. The molecule has 2 aliphatic heterocycles. The number of carbonyl (C=O) groups is 1. The normalized spacial score (nSPS) is 24.7. The molecule has 0 spiro atoms. The Morgan fingerprint density at radius 1 is 1.15 bits per heavy atom. The quantitative estimate of drug-likeness (QED) is 0.778. The molecule has 1 aromatic carbocycles. The summed E-state index contributed by atoms with van der Waals surface area (Å²) in [6.07, 6.45) is 1.05. The molecule has 8 heteroatoms. The molecule has 2 atom stereocenters. The Hall–Kier alpha value is -1.47. The Kier molecular flexibility index (Phi) is 7.17. The first-order valence-corrected chi connectivity index (χ1v) is 8.75. The van der Waals surface area contributed by atoms with Crippen LogP contribution < -0.4 is 15.4 Å². The maximum atomic E-state index is 12.1. The van der Waals surface area contributed by atoms with Gasteiger partial charge >= 0.3 is 6.36 Å². The van der Waals surface area contributed by atoms with Crippen molar-refractivity contribution in [3.63, 3.8) is 0 Å². The number of carbonyl (C=O) groups excluding carboxylic acids is 1. The summed E-state index contributed by atoms with van der Waals surface area (Å²) in [4.78, 5) is 12.1. The van der Waals surface area contributed by atoms with Crippen LogP contribution in [0.1, 0.15) is 37.7 Å². The van der Waals surface area contributed by atoms with Crippen LogP contribution in [0.3, 0.4) is 0 Å². The molecule has 2 aliphatic rings. The van der Waals surface area contributed by atoms with E-state index >= 15 is 0 Å². The fourth-order valence-corrected chi connectivity index (χ4v) is 3.88. The monoisotopic (exact) mass is 392 g/mol. The average molecular weight is 393 g/mol. The Morgan fingerprint density at radius 2 is 1.77 bits per heavy atom. The maximum absolute atomic E-state index is 12.1. The molecule has 2 unspecified atom stereocenters. The number of hydrogen-bond acceptors (Lipinski definition) is 3. The standard InChI is InChI=1S/C18H23F3N2O2.ClH/c19-18(20,21)25-16-5-1-12(2-6-16)7-8-22-17(24)11-13-9-14-3-4-15(10-13)23-14;/h1-2,5-6,13-15,23H,3-4,7-11H2,(H,22,24);1H. The predicted molar refractivity (Wildman–Crippen MR) is 94.4 cm³/mol. The lowest BCUT2D eigenvalue weighted by molar-refractivity contribution is -0.274.